The van der Waals surface area contributed by atoms with Gasteiger partial charge in [-0.05, 0) is 44.2 Å². The summed E-state index contributed by atoms with van der Waals surface area (Å²) < 4.78 is 68.4. The molecule has 0 fully saturated rings. The fourth-order valence-electron chi connectivity index (χ4n) is 2.85. The summed E-state index contributed by atoms with van der Waals surface area (Å²) in [5, 5.41) is 3.74. The second kappa shape index (κ2) is 7.14. The van der Waals surface area contributed by atoms with Crippen molar-refractivity contribution in [3.8, 4) is 5.69 Å². The molecule has 2 aromatic carbocycles. The van der Waals surface area contributed by atoms with E-state index in [1.54, 1.807) is 31.2 Å². The zero-order chi connectivity index (χ0) is 20.7. The molecule has 0 bridgehead atoms. The zero-order valence-corrected chi connectivity index (χ0v) is 16.3. The van der Waals surface area contributed by atoms with Gasteiger partial charge < -0.3 is 0 Å². The summed E-state index contributed by atoms with van der Waals surface area (Å²) in [7, 11) is -4.18. The van der Waals surface area contributed by atoms with Gasteiger partial charge in [0, 0.05) is 5.69 Å². The molecule has 3 aromatic rings. The number of aromatic nitrogens is 2. The molecule has 0 saturated carbocycles. The first-order chi connectivity index (χ1) is 13.0. The van der Waals surface area contributed by atoms with E-state index >= 15 is 0 Å². The highest BCUT2D eigenvalue weighted by Crippen LogP contribution is 2.36. The predicted octanol–water partition coefficient (Wildman–Crippen LogP) is 4.96. The van der Waals surface area contributed by atoms with Gasteiger partial charge in [0.15, 0.2) is 0 Å². The summed E-state index contributed by atoms with van der Waals surface area (Å²) in [6.07, 6.45) is -4.71. The van der Waals surface area contributed by atoms with Crippen LogP contribution in [-0.4, -0.2) is 18.2 Å². The van der Waals surface area contributed by atoms with Gasteiger partial charge in [0.2, 0.25) is 0 Å². The number of nitrogens with one attached hydrogen (secondary N) is 1. The molecule has 148 valence electrons. The fourth-order valence-corrected chi connectivity index (χ4v) is 4.52. The monoisotopic (exact) mass is 429 g/mol. The summed E-state index contributed by atoms with van der Waals surface area (Å²) in [5.74, 6) is 0. The number of sulfonamides is 1. The normalized spacial score (nSPS) is 12.2. The van der Waals surface area contributed by atoms with E-state index in [9.17, 15) is 21.6 Å². The van der Waals surface area contributed by atoms with Gasteiger partial charge in [-0.3, -0.25) is 4.72 Å². The standard InChI is InChI=1S/C18H15ClF3N3O2S/c1-11-17(12(2)25(23-11)14-6-4-3-5-7-14)28(26,27)24-13-8-9-16(19)15(10-13)18(20,21)22/h3-10,24H,1-2H3. The predicted molar refractivity (Wildman–Crippen MR) is 100 cm³/mol. The largest absolute Gasteiger partial charge is 0.417 e. The van der Waals surface area contributed by atoms with E-state index in [1.165, 1.54) is 17.7 Å². The summed E-state index contributed by atoms with van der Waals surface area (Å²) >= 11 is 5.58. The molecule has 5 nitrogen and oxygen atoms in total. The summed E-state index contributed by atoms with van der Waals surface area (Å²) in [6.45, 7) is 3.09. The Bertz CT molecular complexity index is 1130. The Morgan fingerprint density at radius 2 is 1.71 bits per heavy atom. The minimum atomic E-state index is -4.71. The lowest BCUT2D eigenvalue weighted by Crippen LogP contribution is -2.16. The number of anilines is 1. The van der Waals surface area contributed by atoms with E-state index in [0.29, 0.717) is 17.4 Å². The summed E-state index contributed by atoms with van der Waals surface area (Å²) in [5.41, 5.74) is -0.152. The van der Waals surface area contributed by atoms with Crippen molar-refractivity contribution < 1.29 is 21.6 Å². The highest BCUT2D eigenvalue weighted by Gasteiger charge is 2.34. The Morgan fingerprint density at radius 3 is 2.32 bits per heavy atom. The molecule has 0 aliphatic rings. The molecule has 1 heterocycles. The lowest BCUT2D eigenvalue weighted by Gasteiger charge is -2.13. The first-order valence-electron chi connectivity index (χ1n) is 8.02. The number of alkyl halides is 3. The zero-order valence-electron chi connectivity index (χ0n) is 14.7. The van der Waals surface area contributed by atoms with Crippen molar-refractivity contribution in [3.05, 3.63) is 70.5 Å². The Hall–Kier alpha value is -2.52. The second-order valence-electron chi connectivity index (χ2n) is 6.05. The van der Waals surface area contributed by atoms with Crippen molar-refractivity contribution in [1.29, 1.82) is 0 Å². The molecule has 0 spiro atoms. The van der Waals surface area contributed by atoms with Gasteiger partial charge >= 0.3 is 6.18 Å². The Labute approximate surface area is 164 Å². The average molecular weight is 430 g/mol. The Kier molecular flexibility index (Phi) is 5.16. The third-order valence-electron chi connectivity index (χ3n) is 4.02. The highest BCUT2D eigenvalue weighted by atomic mass is 35.5. The molecule has 1 aromatic heterocycles. The molecule has 10 heteroatoms. The molecular formula is C18H15ClF3N3O2S. The minimum absolute atomic E-state index is 0.0974. The summed E-state index contributed by atoms with van der Waals surface area (Å²) in [6, 6.07) is 11.7. The van der Waals surface area contributed by atoms with Crippen molar-refractivity contribution >= 4 is 27.3 Å². The van der Waals surface area contributed by atoms with Crippen molar-refractivity contribution in [2.75, 3.05) is 4.72 Å². The van der Waals surface area contributed by atoms with Gasteiger partial charge in [0.1, 0.15) is 4.90 Å². The maximum Gasteiger partial charge on any atom is 0.417 e. The van der Waals surface area contributed by atoms with Crippen LogP contribution in [0.3, 0.4) is 0 Å². The lowest BCUT2D eigenvalue weighted by molar-refractivity contribution is -0.137. The molecule has 3 rings (SSSR count). The quantitative estimate of drug-likeness (QED) is 0.637. The average Bonchev–Trinajstić information content (AvgIpc) is 2.91. The molecule has 0 aliphatic heterocycles. The van der Waals surface area contributed by atoms with E-state index in [-0.39, 0.29) is 16.3 Å². The van der Waals surface area contributed by atoms with Crippen LogP contribution in [0, 0.1) is 13.8 Å². The maximum absolute atomic E-state index is 13.0. The molecule has 0 radical (unpaired) electrons. The smallest absolute Gasteiger partial charge is 0.280 e. The van der Waals surface area contributed by atoms with Crippen LogP contribution in [0.4, 0.5) is 18.9 Å². The van der Waals surface area contributed by atoms with Gasteiger partial charge in [0.25, 0.3) is 10.0 Å². The van der Waals surface area contributed by atoms with Crippen LogP contribution >= 0.6 is 11.6 Å². The van der Waals surface area contributed by atoms with E-state index in [0.717, 1.165) is 6.07 Å². The van der Waals surface area contributed by atoms with Gasteiger partial charge in [-0.15, -0.1) is 0 Å². The molecule has 0 saturated heterocycles. The van der Waals surface area contributed by atoms with Gasteiger partial charge in [0.05, 0.1) is 27.7 Å². The number of halogens is 4. The second-order valence-corrected chi connectivity index (χ2v) is 8.07. The van der Waals surface area contributed by atoms with E-state index < -0.39 is 26.8 Å². The van der Waals surface area contributed by atoms with Gasteiger partial charge in [-0.2, -0.15) is 18.3 Å². The van der Waals surface area contributed by atoms with Crippen LogP contribution in [-0.2, 0) is 16.2 Å². The third-order valence-corrected chi connectivity index (χ3v) is 5.98. The van der Waals surface area contributed by atoms with Crippen LogP contribution in [0.25, 0.3) is 5.69 Å². The number of hydrogen-bond donors (Lipinski definition) is 1. The highest BCUT2D eigenvalue weighted by molar-refractivity contribution is 7.92. The minimum Gasteiger partial charge on any atom is -0.280 e. The van der Waals surface area contributed by atoms with Crippen molar-refractivity contribution in [2.24, 2.45) is 0 Å². The molecule has 0 aliphatic carbocycles. The van der Waals surface area contributed by atoms with Crippen LogP contribution < -0.4 is 4.72 Å². The lowest BCUT2D eigenvalue weighted by atomic mass is 10.2. The van der Waals surface area contributed by atoms with Gasteiger partial charge in [-0.25, -0.2) is 13.1 Å². The number of nitrogens with zero attached hydrogens (tertiary/aromatic N) is 2. The van der Waals surface area contributed by atoms with E-state index in [4.69, 9.17) is 11.6 Å². The Balaban J connectivity index is 2.02. The maximum atomic E-state index is 13.0. The SMILES string of the molecule is Cc1nn(-c2ccccc2)c(C)c1S(=O)(=O)Nc1ccc(Cl)c(C(F)(F)F)c1. The van der Waals surface area contributed by atoms with E-state index in [1.807, 2.05) is 6.07 Å². The first kappa shape index (κ1) is 20.2. The summed E-state index contributed by atoms with van der Waals surface area (Å²) in [4.78, 5) is -0.0974. The van der Waals surface area contributed by atoms with E-state index in [2.05, 4.69) is 9.82 Å². The first-order valence-corrected chi connectivity index (χ1v) is 9.88. The van der Waals surface area contributed by atoms with Crippen LogP contribution in [0.1, 0.15) is 17.0 Å². The molecule has 0 atom stereocenters. The number of hydrogen-bond acceptors (Lipinski definition) is 3. The number of para-hydroxylation sites is 1. The van der Waals surface area contributed by atoms with Crippen LogP contribution in [0.2, 0.25) is 5.02 Å². The van der Waals surface area contributed by atoms with Crippen LogP contribution in [0.5, 0.6) is 0 Å². The molecule has 0 amide bonds. The van der Waals surface area contributed by atoms with Crippen LogP contribution in [0.15, 0.2) is 53.4 Å². The third kappa shape index (κ3) is 3.85. The molecule has 1 N–H and O–H groups in total. The fraction of sp³-hybridized carbons (Fsp3) is 0.167. The molecule has 28 heavy (non-hydrogen) atoms. The van der Waals surface area contributed by atoms with Crippen molar-refractivity contribution in [3.63, 3.8) is 0 Å². The van der Waals surface area contributed by atoms with Gasteiger partial charge in [-0.1, -0.05) is 29.8 Å². The topological polar surface area (TPSA) is 64.0 Å². The number of aryl methyl sites for hydroxylation is 1. The number of rotatable bonds is 4. The molecule has 0 unspecified atom stereocenters. The number of benzene rings is 2. The van der Waals surface area contributed by atoms with Crippen molar-refractivity contribution in [2.45, 2.75) is 24.9 Å². The Morgan fingerprint density at radius 1 is 1.07 bits per heavy atom. The van der Waals surface area contributed by atoms with Crippen molar-refractivity contribution in [1.82, 2.24) is 9.78 Å². The molecular weight excluding hydrogens is 415 g/mol.